The number of hydrogen-bond donors (Lipinski definition) is 0. The van der Waals surface area contributed by atoms with Gasteiger partial charge in [-0.25, -0.2) is 8.78 Å². The number of benzene rings is 1. The van der Waals surface area contributed by atoms with Crippen LogP contribution >= 0.6 is 0 Å². The quantitative estimate of drug-likeness (QED) is 0.617. The van der Waals surface area contributed by atoms with E-state index in [2.05, 4.69) is 0 Å². The van der Waals surface area contributed by atoms with Crippen LogP contribution in [0.5, 0.6) is 0 Å². The van der Waals surface area contributed by atoms with E-state index in [0.29, 0.717) is 0 Å². The van der Waals surface area contributed by atoms with Gasteiger partial charge in [0.25, 0.3) is 0 Å². The van der Waals surface area contributed by atoms with E-state index >= 15 is 0 Å². The standard InChI is InChI=1S/C14H17BF2O3/c1-8(18)9-6-7-10(12(17)11(9)16)15-19-13(2,3)14(4,5)20-15/h6-7H,1-5H3. The minimum absolute atomic E-state index is 0.0360. The molecule has 0 atom stereocenters. The number of ketones is 1. The van der Waals surface area contributed by atoms with Crippen LogP contribution in [0.4, 0.5) is 8.78 Å². The van der Waals surface area contributed by atoms with Crippen molar-refractivity contribution in [1.82, 2.24) is 0 Å². The highest BCUT2D eigenvalue weighted by Crippen LogP contribution is 2.36. The number of carbonyl (C=O) groups is 1. The van der Waals surface area contributed by atoms with E-state index in [0.717, 1.165) is 0 Å². The molecule has 1 heterocycles. The molecule has 6 heteroatoms. The van der Waals surface area contributed by atoms with Crippen LogP contribution in [0.2, 0.25) is 0 Å². The Balaban J connectivity index is 2.42. The Hall–Kier alpha value is -1.27. The van der Waals surface area contributed by atoms with Gasteiger partial charge < -0.3 is 9.31 Å². The van der Waals surface area contributed by atoms with Gasteiger partial charge in [0.1, 0.15) is 0 Å². The van der Waals surface area contributed by atoms with Gasteiger partial charge >= 0.3 is 7.12 Å². The predicted molar refractivity (Wildman–Crippen MR) is 72.1 cm³/mol. The van der Waals surface area contributed by atoms with Crippen LogP contribution in [0, 0.1) is 11.6 Å². The topological polar surface area (TPSA) is 35.5 Å². The minimum atomic E-state index is -1.16. The molecule has 0 unspecified atom stereocenters. The molecule has 0 aliphatic carbocycles. The second kappa shape index (κ2) is 4.64. The normalized spacial score (nSPS) is 20.2. The predicted octanol–water partition coefficient (Wildman–Crippen LogP) is 2.47. The SMILES string of the molecule is CC(=O)c1ccc(B2OC(C)(C)C(C)(C)O2)c(F)c1F. The van der Waals surface area contributed by atoms with E-state index in [4.69, 9.17) is 9.31 Å². The minimum Gasteiger partial charge on any atom is -0.399 e. The molecule has 0 radical (unpaired) electrons. The van der Waals surface area contributed by atoms with E-state index in [9.17, 15) is 13.6 Å². The number of carbonyl (C=O) groups excluding carboxylic acids is 1. The summed E-state index contributed by atoms with van der Waals surface area (Å²) >= 11 is 0. The van der Waals surface area contributed by atoms with E-state index < -0.39 is 35.7 Å². The molecule has 1 aliphatic rings. The Kier molecular flexibility index (Phi) is 3.51. The highest BCUT2D eigenvalue weighted by Gasteiger charge is 2.52. The third kappa shape index (κ3) is 2.27. The number of halogens is 2. The number of rotatable bonds is 2. The maximum Gasteiger partial charge on any atom is 0.497 e. The fraction of sp³-hybridized carbons (Fsp3) is 0.500. The van der Waals surface area contributed by atoms with Gasteiger partial charge in [0, 0.05) is 5.46 Å². The van der Waals surface area contributed by atoms with Gasteiger partial charge in [-0.15, -0.1) is 0 Å². The third-order valence-electron chi connectivity index (χ3n) is 4.00. The Morgan fingerprint density at radius 2 is 1.55 bits per heavy atom. The summed E-state index contributed by atoms with van der Waals surface area (Å²) < 4.78 is 39.3. The van der Waals surface area contributed by atoms with Crippen LogP contribution in [-0.2, 0) is 9.31 Å². The van der Waals surface area contributed by atoms with Crippen LogP contribution < -0.4 is 5.46 Å². The lowest BCUT2D eigenvalue weighted by Gasteiger charge is -2.32. The molecule has 108 valence electrons. The van der Waals surface area contributed by atoms with Crippen molar-refractivity contribution in [3.8, 4) is 0 Å². The summed E-state index contributed by atoms with van der Waals surface area (Å²) in [6.07, 6.45) is 0. The van der Waals surface area contributed by atoms with Crippen molar-refractivity contribution in [2.75, 3.05) is 0 Å². The molecule has 0 saturated carbocycles. The Morgan fingerprint density at radius 3 is 2.00 bits per heavy atom. The Morgan fingerprint density at radius 1 is 1.05 bits per heavy atom. The summed E-state index contributed by atoms with van der Waals surface area (Å²) in [5.74, 6) is -2.79. The van der Waals surface area contributed by atoms with Gasteiger partial charge in [0.15, 0.2) is 17.4 Å². The first-order valence-corrected chi connectivity index (χ1v) is 6.41. The summed E-state index contributed by atoms with van der Waals surface area (Å²) in [6, 6.07) is 2.58. The molecule has 0 bridgehead atoms. The molecule has 0 N–H and O–H groups in total. The van der Waals surface area contributed by atoms with Crippen molar-refractivity contribution in [3.63, 3.8) is 0 Å². The largest absolute Gasteiger partial charge is 0.497 e. The molecule has 20 heavy (non-hydrogen) atoms. The van der Waals surface area contributed by atoms with Crippen molar-refractivity contribution in [1.29, 1.82) is 0 Å². The second-order valence-corrected chi connectivity index (χ2v) is 5.97. The summed E-state index contributed by atoms with van der Waals surface area (Å²) in [4.78, 5) is 11.2. The average molecular weight is 282 g/mol. The smallest absolute Gasteiger partial charge is 0.399 e. The van der Waals surface area contributed by atoms with Crippen LogP contribution in [0.15, 0.2) is 12.1 Å². The van der Waals surface area contributed by atoms with Gasteiger partial charge in [-0.3, -0.25) is 4.79 Å². The zero-order valence-electron chi connectivity index (χ0n) is 12.2. The molecule has 0 aromatic heterocycles. The average Bonchev–Trinajstić information content (AvgIpc) is 2.51. The van der Waals surface area contributed by atoms with E-state index in [1.54, 1.807) is 0 Å². The second-order valence-electron chi connectivity index (χ2n) is 5.97. The molecule has 0 amide bonds. The lowest BCUT2D eigenvalue weighted by Crippen LogP contribution is -2.41. The van der Waals surface area contributed by atoms with E-state index in [1.807, 2.05) is 27.7 Å². The van der Waals surface area contributed by atoms with Gasteiger partial charge in [-0.05, 0) is 40.7 Å². The van der Waals surface area contributed by atoms with E-state index in [1.165, 1.54) is 19.1 Å². The summed E-state index contributed by atoms with van der Waals surface area (Å²) in [5, 5.41) is 0. The molecule has 1 aliphatic heterocycles. The molecule has 3 nitrogen and oxygen atoms in total. The first kappa shape index (κ1) is 15.1. The molecular weight excluding hydrogens is 265 g/mol. The third-order valence-corrected chi connectivity index (χ3v) is 4.00. The lowest BCUT2D eigenvalue weighted by molar-refractivity contribution is 0.00578. The molecule has 0 spiro atoms. The molecular formula is C14H17BF2O3. The highest BCUT2D eigenvalue weighted by molar-refractivity contribution is 6.62. The van der Waals surface area contributed by atoms with Crippen molar-refractivity contribution >= 4 is 18.4 Å². The number of Topliss-reactive ketones (excluding diaryl/α,β-unsaturated/α-hetero) is 1. The fourth-order valence-corrected chi connectivity index (χ4v) is 1.99. The van der Waals surface area contributed by atoms with Crippen LogP contribution in [-0.4, -0.2) is 24.1 Å². The number of hydrogen-bond acceptors (Lipinski definition) is 3. The zero-order valence-corrected chi connectivity index (χ0v) is 12.2. The maximum absolute atomic E-state index is 14.1. The van der Waals surface area contributed by atoms with Crippen LogP contribution in [0.25, 0.3) is 0 Å². The monoisotopic (exact) mass is 282 g/mol. The Bertz CT molecular complexity index is 554. The van der Waals surface area contributed by atoms with Crippen LogP contribution in [0.1, 0.15) is 45.0 Å². The van der Waals surface area contributed by atoms with Crippen molar-refractivity contribution < 1.29 is 22.9 Å². The maximum atomic E-state index is 14.1. The van der Waals surface area contributed by atoms with Crippen molar-refractivity contribution in [2.24, 2.45) is 0 Å². The van der Waals surface area contributed by atoms with Gasteiger partial charge in [0.05, 0.1) is 16.8 Å². The first-order valence-electron chi connectivity index (χ1n) is 6.41. The van der Waals surface area contributed by atoms with Gasteiger partial charge in [-0.1, -0.05) is 6.07 Å². The lowest BCUT2D eigenvalue weighted by atomic mass is 9.78. The van der Waals surface area contributed by atoms with Gasteiger partial charge in [-0.2, -0.15) is 0 Å². The molecule has 1 aromatic carbocycles. The van der Waals surface area contributed by atoms with Gasteiger partial charge in [0.2, 0.25) is 0 Å². The summed E-state index contributed by atoms with van der Waals surface area (Å²) in [6.45, 7) is 8.49. The molecule has 2 rings (SSSR count). The van der Waals surface area contributed by atoms with Crippen molar-refractivity contribution in [3.05, 3.63) is 29.3 Å². The Labute approximate surface area is 117 Å². The summed E-state index contributed by atoms with van der Waals surface area (Å²) in [7, 11) is -0.990. The fourth-order valence-electron chi connectivity index (χ4n) is 1.99. The van der Waals surface area contributed by atoms with Crippen molar-refractivity contribution in [2.45, 2.75) is 45.8 Å². The summed E-state index contributed by atoms with van der Waals surface area (Å²) in [5.41, 5.74) is -1.59. The highest BCUT2D eigenvalue weighted by atomic mass is 19.2. The molecule has 1 fully saturated rings. The van der Waals surface area contributed by atoms with Crippen LogP contribution in [0.3, 0.4) is 0 Å². The zero-order chi connectivity index (χ0) is 15.3. The van der Waals surface area contributed by atoms with E-state index in [-0.39, 0.29) is 11.0 Å². The first-order chi connectivity index (χ1) is 9.07. The molecule has 1 aromatic rings. The molecule has 1 saturated heterocycles.